The van der Waals surface area contributed by atoms with Gasteiger partial charge in [-0.15, -0.1) is 11.6 Å². The lowest BCUT2D eigenvalue weighted by Crippen LogP contribution is -2.27. The fourth-order valence-electron chi connectivity index (χ4n) is 3.52. The average molecular weight is 329 g/mol. The highest BCUT2D eigenvalue weighted by molar-refractivity contribution is 6.31. The monoisotopic (exact) mass is 328 g/mol. The number of alkyl halides is 1. The topological polar surface area (TPSA) is 17.8 Å². The largest absolute Gasteiger partial charge is 0.324 e. The third-order valence-corrected chi connectivity index (χ3v) is 5.45. The Bertz CT molecular complexity index is 668. The number of hydrogen-bond donors (Lipinski definition) is 0. The number of rotatable bonds is 2. The van der Waals surface area contributed by atoms with Gasteiger partial charge in [0.05, 0.1) is 21.9 Å². The lowest BCUT2D eigenvalue weighted by Gasteiger charge is -2.36. The molecule has 0 amide bonds. The zero-order valence-corrected chi connectivity index (χ0v) is 13.8. The zero-order chi connectivity index (χ0) is 15.1. The molecule has 21 heavy (non-hydrogen) atoms. The van der Waals surface area contributed by atoms with E-state index in [9.17, 15) is 4.39 Å². The van der Waals surface area contributed by atoms with E-state index < -0.39 is 5.82 Å². The van der Waals surface area contributed by atoms with Gasteiger partial charge >= 0.3 is 0 Å². The number of fused-ring (bicyclic) bond motifs is 1. The molecule has 3 rings (SSSR count). The molecular formula is C16H19Cl2FN2. The molecule has 0 bridgehead atoms. The van der Waals surface area contributed by atoms with Crippen LogP contribution >= 0.6 is 23.2 Å². The standard InChI is InChI=1S/C16H19Cl2FN2/c1-9-4-3-5-14(10(9)2)21-15-6-11(18)12(19)7-13(15)20-16(21)8-17/h6-7,9-10,14H,3-5,8H2,1-2H3. The van der Waals surface area contributed by atoms with E-state index in [1.165, 1.54) is 18.9 Å². The van der Waals surface area contributed by atoms with Crippen LogP contribution in [0.4, 0.5) is 4.39 Å². The third-order valence-electron chi connectivity index (χ3n) is 4.92. The van der Waals surface area contributed by atoms with Crippen molar-refractivity contribution in [3.63, 3.8) is 0 Å². The van der Waals surface area contributed by atoms with E-state index >= 15 is 0 Å². The number of imidazole rings is 1. The molecule has 0 spiro atoms. The van der Waals surface area contributed by atoms with Gasteiger partial charge in [-0.1, -0.05) is 38.3 Å². The molecule has 0 aliphatic heterocycles. The van der Waals surface area contributed by atoms with Gasteiger partial charge in [0.1, 0.15) is 11.6 Å². The molecule has 0 radical (unpaired) electrons. The summed E-state index contributed by atoms with van der Waals surface area (Å²) in [5, 5.41) is 0.140. The minimum absolute atomic E-state index is 0.140. The van der Waals surface area contributed by atoms with Crippen molar-refractivity contribution in [3.05, 3.63) is 28.8 Å². The molecule has 0 saturated heterocycles. The van der Waals surface area contributed by atoms with E-state index in [2.05, 4.69) is 23.4 Å². The molecular weight excluding hydrogens is 310 g/mol. The summed E-state index contributed by atoms with van der Waals surface area (Å²) in [6.07, 6.45) is 3.57. The van der Waals surface area contributed by atoms with Crippen LogP contribution in [0.15, 0.2) is 12.1 Å². The van der Waals surface area contributed by atoms with Gasteiger partial charge in [-0.05, 0) is 24.3 Å². The fraction of sp³-hybridized carbons (Fsp3) is 0.562. The maximum Gasteiger partial charge on any atom is 0.144 e. The highest BCUT2D eigenvalue weighted by atomic mass is 35.5. The van der Waals surface area contributed by atoms with Crippen molar-refractivity contribution in [3.8, 4) is 0 Å². The van der Waals surface area contributed by atoms with E-state index in [1.54, 1.807) is 6.07 Å². The molecule has 0 N–H and O–H groups in total. The normalized spacial score (nSPS) is 26.4. The molecule has 114 valence electrons. The fourth-order valence-corrected chi connectivity index (χ4v) is 3.87. The van der Waals surface area contributed by atoms with Gasteiger partial charge < -0.3 is 4.57 Å². The maximum atomic E-state index is 13.7. The second kappa shape index (κ2) is 5.77. The second-order valence-electron chi connectivity index (χ2n) is 6.12. The molecule has 1 saturated carbocycles. The Hall–Kier alpha value is -0.800. The van der Waals surface area contributed by atoms with Crippen LogP contribution in [0, 0.1) is 17.7 Å². The Kier molecular flexibility index (Phi) is 4.15. The van der Waals surface area contributed by atoms with Crippen molar-refractivity contribution >= 4 is 34.2 Å². The summed E-state index contributed by atoms with van der Waals surface area (Å²) in [6, 6.07) is 3.44. The van der Waals surface area contributed by atoms with Crippen molar-refractivity contribution in [2.75, 3.05) is 0 Å². The molecule has 2 nitrogen and oxygen atoms in total. The highest BCUT2D eigenvalue weighted by Gasteiger charge is 2.31. The van der Waals surface area contributed by atoms with Crippen LogP contribution in [0.3, 0.4) is 0 Å². The Morgan fingerprint density at radius 3 is 2.81 bits per heavy atom. The van der Waals surface area contributed by atoms with Crippen molar-refractivity contribution in [2.24, 2.45) is 11.8 Å². The Labute approximate surface area is 134 Å². The molecule has 3 atom stereocenters. The van der Waals surface area contributed by atoms with Gasteiger partial charge in [0, 0.05) is 12.1 Å². The lowest BCUT2D eigenvalue weighted by molar-refractivity contribution is 0.187. The van der Waals surface area contributed by atoms with Crippen molar-refractivity contribution in [1.29, 1.82) is 0 Å². The second-order valence-corrected chi connectivity index (χ2v) is 6.80. The molecule has 1 aromatic heterocycles. The highest BCUT2D eigenvalue weighted by Crippen LogP contribution is 2.40. The first-order valence-corrected chi connectivity index (χ1v) is 8.36. The van der Waals surface area contributed by atoms with Crippen LogP contribution in [-0.2, 0) is 5.88 Å². The summed E-state index contributed by atoms with van der Waals surface area (Å²) < 4.78 is 15.8. The Balaban J connectivity index is 2.18. The van der Waals surface area contributed by atoms with Gasteiger partial charge in [-0.3, -0.25) is 0 Å². The van der Waals surface area contributed by atoms with E-state index in [1.807, 2.05) is 0 Å². The van der Waals surface area contributed by atoms with Gasteiger partial charge in [0.25, 0.3) is 0 Å². The van der Waals surface area contributed by atoms with Crippen molar-refractivity contribution in [1.82, 2.24) is 9.55 Å². The number of aromatic nitrogens is 2. The molecule has 1 heterocycles. The van der Waals surface area contributed by atoms with Gasteiger partial charge in [0.15, 0.2) is 0 Å². The SMILES string of the molecule is CC1CCCC(n2c(CCl)nc3cc(F)c(Cl)cc32)C1C. The summed E-state index contributed by atoms with van der Waals surface area (Å²) in [4.78, 5) is 4.50. The Morgan fingerprint density at radius 1 is 1.33 bits per heavy atom. The summed E-state index contributed by atoms with van der Waals surface area (Å²) >= 11 is 12.0. The number of benzene rings is 1. The molecule has 1 aliphatic carbocycles. The maximum absolute atomic E-state index is 13.7. The number of hydrogen-bond acceptors (Lipinski definition) is 1. The summed E-state index contributed by atoms with van der Waals surface area (Å²) in [5.41, 5.74) is 1.53. The smallest absolute Gasteiger partial charge is 0.144 e. The summed E-state index contributed by atoms with van der Waals surface area (Å²) in [5.74, 6) is 1.91. The quantitative estimate of drug-likeness (QED) is 0.659. The number of halogens is 3. The van der Waals surface area contributed by atoms with Crippen molar-refractivity contribution < 1.29 is 4.39 Å². The Morgan fingerprint density at radius 2 is 2.10 bits per heavy atom. The van der Waals surface area contributed by atoms with E-state index in [-0.39, 0.29) is 5.02 Å². The van der Waals surface area contributed by atoms with Gasteiger partial charge in [-0.25, -0.2) is 9.37 Å². The first kappa shape index (κ1) is 15.1. The molecule has 5 heteroatoms. The predicted molar refractivity (Wildman–Crippen MR) is 85.5 cm³/mol. The summed E-state index contributed by atoms with van der Waals surface area (Å²) in [7, 11) is 0. The first-order valence-electron chi connectivity index (χ1n) is 7.44. The minimum Gasteiger partial charge on any atom is -0.324 e. The van der Waals surface area contributed by atoms with Crippen LogP contribution in [0.1, 0.15) is 45.0 Å². The molecule has 2 aromatic rings. The predicted octanol–water partition coefficient (Wildman–Crippen LogP) is 5.56. The van der Waals surface area contributed by atoms with Gasteiger partial charge in [0.2, 0.25) is 0 Å². The van der Waals surface area contributed by atoms with E-state index in [0.29, 0.717) is 29.3 Å². The van der Waals surface area contributed by atoms with Crippen LogP contribution in [-0.4, -0.2) is 9.55 Å². The van der Waals surface area contributed by atoms with E-state index in [0.717, 1.165) is 17.8 Å². The van der Waals surface area contributed by atoms with Crippen LogP contribution in [0.2, 0.25) is 5.02 Å². The van der Waals surface area contributed by atoms with E-state index in [4.69, 9.17) is 23.2 Å². The van der Waals surface area contributed by atoms with Gasteiger partial charge in [-0.2, -0.15) is 0 Å². The third kappa shape index (κ3) is 2.55. The van der Waals surface area contributed by atoms with Crippen LogP contribution in [0.25, 0.3) is 11.0 Å². The minimum atomic E-state index is -0.431. The molecule has 3 unspecified atom stereocenters. The summed E-state index contributed by atoms with van der Waals surface area (Å²) in [6.45, 7) is 4.58. The number of nitrogens with zero attached hydrogens (tertiary/aromatic N) is 2. The molecule has 1 fully saturated rings. The van der Waals surface area contributed by atoms with Crippen LogP contribution < -0.4 is 0 Å². The van der Waals surface area contributed by atoms with Crippen molar-refractivity contribution in [2.45, 2.75) is 45.0 Å². The zero-order valence-electron chi connectivity index (χ0n) is 12.2. The molecule has 1 aliphatic rings. The first-order chi connectivity index (χ1) is 10.0. The lowest BCUT2D eigenvalue weighted by atomic mass is 9.78. The van der Waals surface area contributed by atoms with Crippen LogP contribution in [0.5, 0.6) is 0 Å². The molecule has 1 aromatic carbocycles. The average Bonchev–Trinajstić information content (AvgIpc) is 2.80.